The molecule has 0 amide bonds. The van der Waals surface area contributed by atoms with Crippen molar-refractivity contribution in [3.05, 3.63) is 0 Å². The molecule has 21 heavy (non-hydrogen) atoms. The molecule has 1 aliphatic carbocycles. The van der Waals surface area contributed by atoms with Crippen LogP contribution in [0.25, 0.3) is 0 Å². The van der Waals surface area contributed by atoms with Gasteiger partial charge >= 0.3 is 0 Å². The maximum atomic E-state index is 3.79. The summed E-state index contributed by atoms with van der Waals surface area (Å²) in [5.41, 5.74) is 0. The van der Waals surface area contributed by atoms with Crippen LogP contribution in [0.4, 0.5) is 0 Å². The first-order valence-corrected chi connectivity index (χ1v) is 9.61. The monoisotopic (exact) mass is 293 g/mol. The van der Waals surface area contributed by atoms with Gasteiger partial charge < -0.3 is 15.1 Å². The van der Waals surface area contributed by atoms with E-state index >= 15 is 0 Å². The molecule has 3 rings (SSSR count). The van der Waals surface area contributed by atoms with Crippen LogP contribution >= 0.6 is 0 Å². The Labute approximate surface area is 131 Å². The fourth-order valence-electron chi connectivity index (χ4n) is 4.53. The van der Waals surface area contributed by atoms with E-state index < -0.39 is 0 Å². The normalized spacial score (nSPS) is 28.0. The first-order chi connectivity index (χ1) is 10.4. The number of hydrogen-bond donors (Lipinski definition) is 1. The number of nitrogens with zero attached hydrogens (tertiary/aromatic N) is 2. The van der Waals surface area contributed by atoms with Crippen LogP contribution in [-0.2, 0) is 0 Å². The second kappa shape index (κ2) is 8.50. The van der Waals surface area contributed by atoms with Crippen molar-refractivity contribution in [2.45, 2.75) is 76.3 Å². The molecule has 3 nitrogen and oxygen atoms in total. The van der Waals surface area contributed by atoms with Crippen LogP contribution in [0, 0.1) is 0 Å². The van der Waals surface area contributed by atoms with E-state index in [1.165, 1.54) is 103 Å². The Morgan fingerprint density at radius 3 is 2.10 bits per heavy atom. The molecule has 1 N–H and O–H groups in total. The second-order valence-corrected chi connectivity index (χ2v) is 7.46. The largest absolute Gasteiger partial charge is 0.313 e. The van der Waals surface area contributed by atoms with Crippen molar-refractivity contribution in [1.29, 1.82) is 0 Å². The number of rotatable bonds is 5. The van der Waals surface area contributed by atoms with Crippen molar-refractivity contribution < 1.29 is 0 Å². The third-order valence-electron chi connectivity index (χ3n) is 5.93. The summed E-state index contributed by atoms with van der Waals surface area (Å²) in [6, 6.07) is 1.72. The van der Waals surface area contributed by atoms with E-state index in [9.17, 15) is 0 Å². The average Bonchev–Trinajstić information content (AvgIpc) is 2.57. The van der Waals surface area contributed by atoms with Crippen molar-refractivity contribution in [1.82, 2.24) is 15.1 Å². The van der Waals surface area contributed by atoms with Crippen LogP contribution in [0.15, 0.2) is 0 Å². The molecule has 3 fully saturated rings. The Morgan fingerprint density at radius 2 is 1.38 bits per heavy atom. The quantitative estimate of drug-likeness (QED) is 0.841. The zero-order valence-electron chi connectivity index (χ0n) is 13.9. The minimum atomic E-state index is 0.824. The van der Waals surface area contributed by atoms with Gasteiger partial charge in [0.15, 0.2) is 0 Å². The molecule has 0 aromatic rings. The summed E-state index contributed by atoms with van der Waals surface area (Å²) in [7, 11) is 0. The summed E-state index contributed by atoms with van der Waals surface area (Å²) in [6.45, 7) is 7.87. The summed E-state index contributed by atoms with van der Waals surface area (Å²) >= 11 is 0. The Bertz CT molecular complexity index is 271. The number of nitrogens with one attached hydrogen (secondary N) is 1. The van der Waals surface area contributed by atoms with Crippen molar-refractivity contribution in [3.8, 4) is 0 Å². The maximum absolute atomic E-state index is 3.79. The second-order valence-electron chi connectivity index (χ2n) is 7.46. The highest BCUT2D eigenvalue weighted by Crippen LogP contribution is 2.21. The zero-order chi connectivity index (χ0) is 14.3. The molecule has 2 aliphatic heterocycles. The summed E-state index contributed by atoms with van der Waals surface area (Å²) in [5, 5.41) is 3.79. The summed E-state index contributed by atoms with van der Waals surface area (Å²) < 4.78 is 0. The lowest BCUT2D eigenvalue weighted by atomic mass is 9.95. The molecule has 1 saturated carbocycles. The lowest BCUT2D eigenvalue weighted by Crippen LogP contribution is -2.48. The Balaban J connectivity index is 1.28. The molecule has 2 saturated heterocycles. The predicted molar refractivity (Wildman–Crippen MR) is 89.8 cm³/mol. The first kappa shape index (κ1) is 15.8. The Hall–Kier alpha value is -0.120. The highest BCUT2D eigenvalue weighted by molar-refractivity contribution is 4.82. The van der Waals surface area contributed by atoms with Gasteiger partial charge in [-0.1, -0.05) is 25.7 Å². The van der Waals surface area contributed by atoms with Gasteiger partial charge in [-0.2, -0.15) is 0 Å². The van der Waals surface area contributed by atoms with E-state index in [2.05, 4.69) is 15.1 Å². The van der Waals surface area contributed by atoms with Crippen LogP contribution in [-0.4, -0.2) is 61.2 Å². The molecule has 0 radical (unpaired) electrons. The third kappa shape index (κ3) is 4.94. The molecule has 0 aromatic carbocycles. The summed E-state index contributed by atoms with van der Waals surface area (Å²) in [4.78, 5) is 5.47. The van der Waals surface area contributed by atoms with E-state index in [0.717, 1.165) is 12.1 Å². The van der Waals surface area contributed by atoms with E-state index in [1.807, 2.05) is 0 Å². The molecule has 0 aromatic heterocycles. The SMILES string of the molecule is C1CCC(NCCN2CCC(N3CCCCC3)CC2)CC1. The van der Waals surface area contributed by atoms with Crippen molar-refractivity contribution in [3.63, 3.8) is 0 Å². The van der Waals surface area contributed by atoms with Gasteiger partial charge in [-0.05, 0) is 64.7 Å². The third-order valence-corrected chi connectivity index (χ3v) is 5.93. The summed E-state index contributed by atoms with van der Waals surface area (Å²) in [6.07, 6.45) is 14.3. The molecule has 3 heteroatoms. The van der Waals surface area contributed by atoms with E-state index in [4.69, 9.17) is 0 Å². The number of hydrogen-bond acceptors (Lipinski definition) is 3. The fraction of sp³-hybridized carbons (Fsp3) is 1.00. The lowest BCUT2D eigenvalue weighted by Gasteiger charge is -2.40. The van der Waals surface area contributed by atoms with Crippen LogP contribution in [0.3, 0.4) is 0 Å². The van der Waals surface area contributed by atoms with Crippen molar-refractivity contribution in [2.75, 3.05) is 39.3 Å². The highest BCUT2D eigenvalue weighted by atomic mass is 15.2. The molecule has 0 unspecified atom stereocenters. The minimum Gasteiger partial charge on any atom is -0.313 e. The predicted octanol–water partition coefficient (Wildman–Crippen LogP) is 2.86. The minimum absolute atomic E-state index is 0.824. The van der Waals surface area contributed by atoms with E-state index in [1.54, 1.807) is 0 Å². The zero-order valence-corrected chi connectivity index (χ0v) is 13.9. The standard InChI is InChI=1S/C18H35N3/c1-3-7-17(8-4-1)19-11-16-20-14-9-18(10-15-20)21-12-5-2-6-13-21/h17-19H,1-16H2. The molecule has 0 atom stereocenters. The topological polar surface area (TPSA) is 18.5 Å². The van der Waals surface area contributed by atoms with E-state index in [0.29, 0.717) is 0 Å². The maximum Gasteiger partial charge on any atom is 0.0120 e. The van der Waals surface area contributed by atoms with E-state index in [-0.39, 0.29) is 0 Å². The molecule has 2 heterocycles. The molecular formula is C18H35N3. The Kier molecular flexibility index (Phi) is 6.38. The van der Waals surface area contributed by atoms with Crippen LogP contribution < -0.4 is 5.32 Å². The molecule has 3 aliphatic rings. The molecular weight excluding hydrogens is 258 g/mol. The first-order valence-electron chi connectivity index (χ1n) is 9.61. The van der Waals surface area contributed by atoms with Gasteiger partial charge in [0.05, 0.1) is 0 Å². The lowest BCUT2D eigenvalue weighted by molar-refractivity contribution is 0.0924. The van der Waals surface area contributed by atoms with Crippen LogP contribution in [0.5, 0.6) is 0 Å². The van der Waals surface area contributed by atoms with Gasteiger partial charge in [0, 0.05) is 25.2 Å². The molecule has 0 bridgehead atoms. The van der Waals surface area contributed by atoms with Gasteiger partial charge in [-0.25, -0.2) is 0 Å². The molecule has 122 valence electrons. The molecule has 0 spiro atoms. The van der Waals surface area contributed by atoms with Gasteiger partial charge in [-0.15, -0.1) is 0 Å². The number of piperidine rings is 2. The average molecular weight is 293 g/mol. The van der Waals surface area contributed by atoms with Gasteiger partial charge in [-0.3, -0.25) is 0 Å². The van der Waals surface area contributed by atoms with Crippen molar-refractivity contribution >= 4 is 0 Å². The van der Waals surface area contributed by atoms with Crippen LogP contribution in [0.1, 0.15) is 64.2 Å². The Morgan fingerprint density at radius 1 is 0.714 bits per heavy atom. The highest BCUT2D eigenvalue weighted by Gasteiger charge is 2.25. The fourth-order valence-corrected chi connectivity index (χ4v) is 4.53. The van der Waals surface area contributed by atoms with Gasteiger partial charge in [0.25, 0.3) is 0 Å². The van der Waals surface area contributed by atoms with Crippen LogP contribution in [0.2, 0.25) is 0 Å². The number of likely N-dealkylation sites (tertiary alicyclic amines) is 2. The summed E-state index contributed by atoms with van der Waals surface area (Å²) in [5.74, 6) is 0. The smallest absolute Gasteiger partial charge is 0.0120 e. The van der Waals surface area contributed by atoms with Crippen molar-refractivity contribution in [2.24, 2.45) is 0 Å². The van der Waals surface area contributed by atoms with Gasteiger partial charge in [0.1, 0.15) is 0 Å². The van der Waals surface area contributed by atoms with Gasteiger partial charge in [0.2, 0.25) is 0 Å².